The largest absolute Gasteiger partial charge is 0.393 e. The molecule has 3 heteroatoms. The van der Waals surface area contributed by atoms with E-state index >= 15 is 0 Å². The minimum absolute atomic E-state index is 0.221. The highest BCUT2D eigenvalue weighted by Gasteiger charge is 2.17. The van der Waals surface area contributed by atoms with Crippen LogP contribution in [0.25, 0.3) is 10.2 Å². The van der Waals surface area contributed by atoms with Gasteiger partial charge in [0.25, 0.3) is 0 Å². The standard InChI is InChI=1S/C16H21NOS/c18-13(10-9-12-5-1-2-6-12)11-16-17-14-7-3-4-8-15(14)19-16/h3-4,7-8,12-13,18H,1-2,5-6,9-11H2. The Labute approximate surface area is 118 Å². The maximum absolute atomic E-state index is 10.2. The van der Waals surface area contributed by atoms with Crippen molar-refractivity contribution in [2.45, 2.75) is 51.0 Å². The van der Waals surface area contributed by atoms with Crippen LogP contribution in [0, 0.1) is 5.92 Å². The Kier molecular flexibility index (Phi) is 4.14. The first-order valence-electron chi connectivity index (χ1n) is 7.34. The van der Waals surface area contributed by atoms with Crippen molar-refractivity contribution in [3.05, 3.63) is 29.3 Å². The predicted molar refractivity (Wildman–Crippen MR) is 80.5 cm³/mol. The number of aliphatic hydroxyl groups is 1. The highest BCUT2D eigenvalue weighted by atomic mass is 32.1. The van der Waals surface area contributed by atoms with Gasteiger partial charge in [0.2, 0.25) is 0 Å². The van der Waals surface area contributed by atoms with Crippen LogP contribution in [-0.2, 0) is 6.42 Å². The topological polar surface area (TPSA) is 33.1 Å². The number of rotatable bonds is 5. The Hall–Kier alpha value is -0.930. The fourth-order valence-electron chi connectivity index (χ4n) is 3.04. The molecule has 1 aromatic heterocycles. The van der Waals surface area contributed by atoms with E-state index in [0.717, 1.165) is 22.9 Å². The van der Waals surface area contributed by atoms with Gasteiger partial charge >= 0.3 is 0 Å². The summed E-state index contributed by atoms with van der Waals surface area (Å²) in [6.45, 7) is 0. The molecular formula is C16H21NOS. The van der Waals surface area contributed by atoms with Crippen molar-refractivity contribution in [2.75, 3.05) is 0 Å². The van der Waals surface area contributed by atoms with Gasteiger partial charge in [-0.2, -0.15) is 0 Å². The van der Waals surface area contributed by atoms with E-state index in [4.69, 9.17) is 0 Å². The Morgan fingerprint density at radius 2 is 2.05 bits per heavy atom. The number of hydrogen-bond acceptors (Lipinski definition) is 3. The van der Waals surface area contributed by atoms with E-state index in [-0.39, 0.29) is 6.10 Å². The van der Waals surface area contributed by atoms with E-state index in [1.165, 1.54) is 36.8 Å². The summed E-state index contributed by atoms with van der Waals surface area (Å²) in [6, 6.07) is 8.20. The smallest absolute Gasteiger partial charge is 0.0964 e. The van der Waals surface area contributed by atoms with Gasteiger partial charge in [-0.1, -0.05) is 37.8 Å². The van der Waals surface area contributed by atoms with Crippen molar-refractivity contribution in [1.82, 2.24) is 4.98 Å². The average molecular weight is 275 g/mol. The van der Waals surface area contributed by atoms with Crippen molar-refractivity contribution in [3.8, 4) is 0 Å². The number of para-hydroxylation sites is 1. The lowest BCUT2D eigenvalue weighted by Gasteiger charge is -2.12. The van der Waals surface area contributed by atoms with Gasteiger partial charge in [-0.25, -0.2) is 4.98 Å². The molecule has 0 amide bonds. The van der Waals surface area contributed by atoms with Gasteiger partial charge in [0.15, 0.2) is 0 Å². The van der Waals surface area contributed by atoms with Crippen LogP contribution in [0.2, 0.25) is 0 Å². The van der Waals surface area contributed by atoms with Gasteiger partial charge in [-0.15, -0.1) is 11.3 Å². The molecule has 1 aliphatic carbocycles. The molecule has 0 saturated heterocycles. The van der Waals surface area contributed by atoms with E-state index in [1.54, 1.807) is 11.3 Å². The SMILES string of the molecule is OC(CCC1CCCC1)Cc1nc2ccccc2s1. The van der Waals surface area contributed by atoms with Gasteiger partial charge < -0.3 is 5.11 Å². The first-order chi connectivity index (χ1) is 9.31. The van der Waals surface area contributed by atoms with Crippen molar-refractivity contribution < 1.29 is 5.11 Å². The van der Waals surface area contributed by atoms with Crippen molar-refractivity contribution in [2.24, 2.45) is 5.92 Å². The van der Waals surface area contributed by atoms with Crippen molar-refractivity contribution in [3.63, 3.8) is 0 Å². The summed E-state index contributed by atoms with van der Waals surface area (Å²) in [5, 5.41) is 11.2. The molecular weight excluding hydrogens is 254 g/mol. The zero-order valence-electron chi connectivity index (χ0n) is 11.2. The highest BCUT2D eigenvalue weighted by Crippen LogP contribution is 2.29. The quantitative estimate of drug-likeness (QED) is 0.888. The van der Waals surface area contributed by atoms with E-state index in [1.807, 2.05) is 18.2 Å². The second-order valence-corrected chi connectivity index (χ2v) is 6.78. The maximum Gasteiger partial charge on any atom is 0.0964 e. The lowest BCUT2D eigenvalue weighted by atomic mass is 9.99. The molecule has 1 fully saturated rings. The van der Waals surface area contributed by atoms with Crippen LogP contribution in [0.5, 0.6) is 0 Å². The molecule has 1 unspecified atom stereocenters. The van der Waals surface area contributed by atoms with Gasteiger partial charge in [0.1, 0.15) is 0 Å². The third-order valence-electron chi connectivity index (χ3n) is 4.13. The number of aliphatic hydroxyl groups excluding tert-OH is 1. The lowest BCUT2D eigenvalue weighted by Crippen LogP contribution is -2.11. The third kappa shape index (κ3) is 3.34. The van der Waals surface area contributed by atoms with Crippen LogP contribution < -0.4 is 0 Å². The fraction of sp³-hybridized carbons (Fsp3) is 0.562. The van der Waals surface area contributed by atoms with Crippen LogP contribution >= 0.6 is 11.3 Å². The number of aromatic nitrogens is 1. The lowest BCUT2D eigenvalue weighted by molar-refractivity contribution is 0.155. The Morgan fingerprint density at radius 1 is 1.26 bits per heavy atom. The molecule has 1 aliphatic rings. The van der Waals surface area contributed by atoms with Gasteiger partial charge in [0.05, 0.1) is 21.3 Å². The van der Waals surface area contributed by atoms with Crippen LogP contribution in [0.1, 0.15) is 43.5 Å². The van der Waals surface area contributed by atoms with Crippen LogP contribution in [0.4, 0.5) is 0 Å². The summed E-state index contributed by atoms with van der Waals surface area (Å²) in [7, 11) is 0. The van der Waals surface area contributed by atoms with Crippen molar-refractivity contribution in [1.29, 1.82) is 0 Å². The monoisotopic (exact) mass is 275 g/mol. The number of nitrogens with zero attached hydrogens (tertiary/aromatic N) is 1. The average Bonchev–Trinajstić information content (AvgIpc) is 3.04. The van der Waals surface area contributed by atoms with Crippen LogP contribution in [-0.4, -0.2) is 16.2 Å². The Balaban J connectivity index is 1.54. The molecule has 0 bridgehead atoms. The number of benzene rings is 1. The number of fused-ring (bicyclic) bond motifs is 1. The second kappa shape index (κ2) is 6.02. The van der Waals surface area contributed by atoms with Crippen LogP contribution in [0.3, 0.4) is 0 Å². The molecule has 0 spiro atoms. The molecule has 1 heterocycles. The Morgan fingerprint density at radius 3 is 2.84 bits per heavy atom. The summed E-state index contributed by atoms with van der Waals surface area (Å²) in [6.07, 6.45) is 8.12. The summed E-state index contributed by atoms with van der Waals surface area (Å²) in [4.78, 5) is 4.59. The first kappa shape index (κ1) is 13.1. The highest BCUT2D eigenvalue weighted by molar-refractivity contribution is 7.18. The number of hydrogen-bond donors (Lipinski definition) is 1. The minimum atomic E-state index is -0.221. The molecule has 19 heavy (non-hydrogen) atoms. The van der Waals surface area contributed by atoms with Gasteiger partial charge in [-0.3, -0.25) is 0 Å². The molecule has 1 N–H and O–H groups in total. The molecule has 3 rings (SSSR count). The predicted octanol–water partition coefficient (Wildman–Crippen LogP) is 4.17. The molecule has 2 aromatic rings. The first-order valence-corrected chi connectivity index (χ1v) is 8.15. The van der Waals surface area contributed by atoms with E-state index in [2.05, 4.69) is 11.1 Å². The molecule has 102 valence electrons. The Bertz CT molecular complexity index is 497. The zero-order chi connectivity index (χ0) is 13.1. The maximum atomic E-state index is 10.2. The number of thiazole rings is 1. The van der Waals surface area contributed by atoms with Gasteiger partial charge in [-0.05, 0) is 30.9 Å². The van der Waals surface area contributed by atoms with E-state index in [9.17, 15) is 5.11 Å². The molecule has 1 atom stereocenters. The summed E-state index contributed by atoms with van der Waals surface area (Å²) >= 11 is 1.71. The molecule has 2 nitrogen and oxygen atoms in total. The zero-order valence-corrected chi connectivity index (χ0v) is 12.0. The van der Waals surface area contributed by atoms with E-state index < -0.39 is 0 Å². The third-order valence-corrected chi connectivity index (χ3v) is 5.19. The van der Waals surface area contributed by atoms with Crippen LogP contribution in [0.15, 0.2) is 24.3 Å². The summed E-state index contributed by atoms with van der Waals surface area (Å²) in [5.41, 5.74) is 1.06. The molecule has 1 saturated carbocycles. The molecule has 0 radical (unpaired) electrons. The fourth-order valence-corrected chi connectivity index (χ4v) is 4.08. The molecule has 0 aliphatic heterocycles. The summed E-state index contributed by atoms with van der Waals surface area (Å²) < 4.78 is 1.22. The van der Waals surface area contributed by atoms with Crippen molar-refractivity contribution >= 4 is 21.6 Å². The van der Waals surface area contributed by atoms with Gasteiger partial charge in [0, 0.05) is 6.42 Å². The minimum Gasteiger partial charge on any atom is -0.393 e. The molecule has 1 aromatic carbocycles. The normalized spacial score (nSPS) is 18.2. The van der Waals surface area contributed by atoms with E-state index in [0.29, 0.717) is 6.42 Å². The second-order valence-electron chi connectivity index (χ2n) is 5.66. The summed E-state index contributed by atoms with van der Waals surface area (Å²) in [5.74, 6) is 0.866.